The SMILES string of the molecule is CCN1Cc2ccccc2C(c2ccc3occc3c2)C1. The summed E-state index contributed by atoms with van der Waals surface area (Å²) in [5.74, 6) is 0.453. The fraction of sp³-hybridized carbons (Fsp3) is 0.263. The number of likely N-dealkylation sites (N-methyl/N-ethyl adjacent to an activating group) is 1. The van der Waals surface area contributed by atoms with Crippen LogP contribution in [0.25, 0.3) is 11.0 Å². The zero-order valence-corrected chi connectivity index (χ0v) is 12.3. The van der Waals surface area contributed by atoms with E-state index in [-0.39, 0.29) is 0 Å². The van der Waals surface area contributed by atoms with Crippen LogP contribution < -0.4 is 0 Å². The van der Waals surface area contributed by atoms with Crippen molar-refractivity contribution in [3.8, 4) is 0 Å². The molecule has 0 amide bonds. The Morgan fingerprint density at radius 3 is 2.95 bits per heavy atom. The van der Waals surface area contributed by atoms with E-state index in [2.05, 4.69) is 54.3 Å². The Balaban J connectivity index is 1.82. The molecule has 0 fully saturated rings. The fourth-order valence-corrected chi connectivity index (χ4v) is 3.41. The molecule has 0 spiro atoms. The number of rotatable bonds is 2. The minimum atomic E-state index is 0.453. The highest BCUT2D eigenvalue weighted by Gasteiger charge is 2.25. The summed E-state index contributed by atoms with van der Waals surface area (Å²) in [6.07, 6.45) is 1.77. The van der Waals surface area contributed by atoms with Gasteiger partial charge in [-0.05, 0) is 41.4 Å². The standard InChI is InChI=1S/C19H19NO/c1-2-20-12-16-5-3-4-6-17(16)18(13-20)14-7-8-19-15(11-14)9-10-21-19/h3-11,18H,2,12-13H2,1H3. The molecule has 1 atom stereocenters. The second-order valence-electron chi connectivity index (χ2n) is 5.80. The van der Waals surface area contributed by atoms with Crippen LogP contribution in [0.3, 0.4) is 0 Å². The zero-order valence-electron chi connectivity index (χ0n) is 12.3. The summed E-state index contributed by atoms with van der Waals surface area (Å²) < 4.78 is 5.46. The van der Waals surface area contributed by atoms with Gasteiger partial charge in [0.25, 0.3) is 0 Å². The van der Waals surface area contributed by atoms with Crippen molar-refractivity contribution in [2.75, 3.05) is 13.1 Å². The first-order chi connectivity index (χ1) is 10.3. The molecule has 0 saturated heterocycles. The Hall–Kier alpha value is -2.06. The molecule has 1 aliphatic heterocycles. The van der Waals surface area contributed by atoms with Crippen LogP contribution in [0, 0.1) is 0 Å². The minimum absolute atomic E-state index is 0.453. The molecular formula is C19H19NO. The van der Waals surface area contributed by atoms with Crippen molar-refractivity contribution in [1.82, 2.24) is 4.90 Å². The predicted octanol–water partition coefficient (Wildman–Crippen LogP) is 4.40. The van der Waals surface area contributed by atoms with E-state index in [1.165, 1.54) is 22.1 Å². The third-order valence-electron chi connectivity index (χ3n) is 4.59. The molecule has 0 saturated carbocycles. The minimum Gasteiger partial charge on any atom is -0.464 e. The predicted molar refractivity (Wildman–Crippen MR) is 85.5 cm³/mol. The molecular weight excluding hydrogens is 258 g/mol. The van der Waals surface area contributed by atoms with Gasteiger partial charge in [-0.3, -0.25) is 4.90 Å². The summed E-state index contributed by atoms with van der Waals surface area (Å²) in [4.78, 5) is 2.52. The lowest BCUT2D eigenvalue weighted by molar-refractivity contribution is 0.253. The van der Waals surface area contributed by atoms with Gasteiger partial charge in [0.1, 0.15) is 5.58 Å². The molecule has 106 valence electrons. The van der Waals surface area contributed by atoms with Crippen molar-refractivity contribution < 1.29 is 4.42 Å². The van der Waals surface area contributed by atoms with E-state index < -0.39 is 0 Å². The van der Waals surface area contributed by atoms with Gasteiger partial charge in [-0.2, -0.15) is 0 Å². The second kappa shape index (κ2) is 5.05. The van der Waals surface area contributed by atoms with Gasteiger partial charge in [0.15, 0.2) is 0 Å². The topological polar surface area (TPSA) is 16.4 Å². The van der Waals surface area contributed by atoms with E-state index in [0.29, 0.717) is 5.92 Å². The van der Waals surface area contributed by atoms with E-state index in [1.807, 2.05) is 6.07 Å². The Morgan fingerprint density at radius 1 is 1.14 bits per heavy atom. The number of furan rings is 1. The third kappa shape index (κ3) is 2.16. The molecule has 4 rings (SSSR count). The van der Waals surface area contributed by atoms with Gasteiger partial charge in [-0.1, -0.05) is 37.3 Å². The maximum Gasteiger partial charge on any atom is 0.133 e. The zero-order chi connectivity index (χ0) is 14.2. The van der Waals surface area contributed by atoms with Crippen molar-refractivity contribution in [3.63, 3.8) is 0 Å². The summed E-state index contributed by atoms with van der Waals surface area (Å²) in [5, 5.41) is 1.19. The van der Waals surface area contributed by atoms with Crippen molar-refractivity contribution in [2.24, 2.45) is 0 Å². The van der Waals surface area contributed by atoms with E-state index in [4.69, 9.17) is 4.42 Å². The van der Waals surface area contributed by atoms with Gasteiger partial charge >= 0.3 is 0 Å². The van der Waals surface area contributed by atoms with Gasteiger partial charge in [0.05, 0.1) is 6.26 Å². The van der Waals surface area contributed by atoms with Crippen molar-refractivity contribution in [3.05, 3.63) is 71.5 Å². The van der Waals surface area contributed by atoms with Crippen LogP contribution in [0.5, 0.6) is 0 Å². The first kappa shape index (κ1) is 12.7. The van der Waals surface area contributed by atoms with Gasteiger partial charge in [0, 0.05) is 24.4 Å². The Bertz CT molecular complexity index is 774. The van der Waals surface area contributed by atoms with Crippen LogP contribution in [0.1, 0.15) is 29.5 Å². The van der Waals surface area contributed by atoms with E-state index >= 15 is 0 Å². The van der Waals surface area contributed by atoms with Crippen LogP contribution in [0.2, 0.25) is 0 Å². The third-order valence-corrected chi connectivity index (χ3v) is 4.59. The summed E-state index contributed by atoms with van der Waals surface area (Å²) in [7, 11) is 0. The van der Waals surface area contributed by atoms with Gasteiger partial charge < -0.3 is 4.42 Å². The maximum atomic E-state index is 5.46. The summed E-state index contributed by atoms with van der Waals surface area (Å²) in [6, 6.07) is 17.5. The van der Waals surface area contributed by atoms with Crippen LogP contribution in [-0.4, -0.2) is 18.0 Å². The monoisotopic (exact) mass is 277 g/mol. The number of fused-ring (bicyclic) bond motifs is 2. The fourth-order valence-electron chi connectivity index (χ4n) is 3.41. The molecule has 1 unspecified atom stereocenters. The largest absolute Gasteiger partial charge is 0.464 e. The molecule has 0 bridgehead atoms. The number of hydrogen-bond acceptors (Lipinski definition) is 2. The van der Waals surface area contributed by atoms with E-state index in [1.54, 1.807) is 6.26 Å². The van der Waals surface area contributed by atoms with Gasteiger partial charge in [-0.25, -0.2) is 0 Å². The molecule has 2 nitrogen and oxygen atoms in total. The summed E-state index contributed by atoms with van der Waals surface area (Å²) in [6.45, 7) is 5.50. The number of hydrogen-bond donors (Lipinski definition) is 0. The Morgan fingerprint density at radius 2 is 2.05 bits per heavy atom. The molecule has 0 aliphatic carbocycles. The van der Waals surface area contributed by atoms with Crippen LogP contribution in [-0.2, 0) is 6.54 Å². The average Bonchev–Trinajstić information content (AvgIpc) is 3.01. The summed E-state index contributed by atoms with van der Waals surface area (Å²) >= 11 is 0. The number of nitrogens with zero attached hydrogens (tertiary/aromatic N) is 1. The molecule has 2 heterocycles. The smallest absolute Gasteiger partial charge is 0.133 e. The van der Waals surface area contributed by atoms with Crippen LogP contribution in [0.15, 0.2) is 59.2 Å². The average molecular weight is 277 g/mol. The van der Waals surface area contributed by atoms with Crippen LogP contribution in [0.4, 0.5) is 0 Å². The first-order valence-corrected chi connectivity index (χ1v) is 7.62. The Kier molecular flexibility index (Phi) is 3.04. The molecule has 1 aliphatic rings. The normalized spacial score (nSPS) is 18.8. The highest BCUT2D eigenvalue weighted by atomic mass is 16.3. The lowest BCUT2D eigenvalue weighted by atomic mass is 9.84. The molecule has 3 aromatic rings. The van der Waals surface area contributed by atoms with Gasteiger partial charge in [0.2, 0.25) is 0 Å². The molecule has 0 radical (unpaired) electrons. The number of benzene rings is 2. The highest BCUT2D eigenvalue weighted by Crippen LogP contribution is 2.34. The van der Waals surface area contributed by atoms with Crippen molar-refractivity contribution in [1.29, 1.82) is 0 Å². The summed E-state index contributed by atoms with van der Waals surface area (Å²) in [5.41, 5.74) is 5.29. The Labute approximate surface area is 125 Å². The molecule has 2 aromatic carbocycles. The van der Waals surface area contributed by atoms with E-state index in [9.17, 15) is 0 Å². The first-order valence-electron chi connectivity index (χ1n) is 7.62. The maximum absolute atomic E-state index is 5.46. The van der Waals surface area contributed by atoms with E-state index in [0.717, 1.165) is 25.2 Å². The van der Waals surface area contributed by atoms with Gasteiger partial charge in [-0.15, -0.1) is 0 Å². The lowest BCUT2D eigenvalue weighted by Gasteiger charge is -2.34. The highest BCUT2D eigenvalue weighted by molar-refractivity contribution is 5.78. The van der Waals surface area contributed by atoms with Crippen molar-refractivity contribution in [2.45, 2.75) is 19.4 Å². The van der Waals surface area contributed by atoms with Crippen molar-refractivity contribution >= 4 is 11.0 Å². The lowest BCUT2D eigenvalue weighted by Crippen LogP contribution is -2.33. The quantitative estimate of drug-likeness (QED) is 0.690. The molecule has 0 N–H and O–H groups in total. The molecule has 2 heteroatoms. The second-order valence-corrected chi connectivity index (χ2v) is 5.80. The van der Waals surface area contributed by atoms with Crippen LogP contribution >= 0.6 is 0 Å². The molecule has 1 aromatic heterocycles. The molecule has 21 heavy (non-hydrogen) atoms.